The van der Waals surface area contributed by atoms with Crippen LogP contribution < -0.4 is 0 Å². The topological polar surface area (TPSA) is 66.8 Å². The molecule has 5 nitrogen and oxygen atoms in total. The number of rotatable bonds is 2. The Morgan fingerprint density at radius 2 is 1.70 bits per heavy atom. The summed E-state index contributed by atoms with van der Waals surface area (Å²) in [4.78, 5) is 28.9. The molecular weight excluding hydrogens is 378 g/mol. The molecule has 2 unspecified atom stereocenters. The van der Waals surface area contributed by atoms with E-state index in [9.17, 15) is 14.7 Å². The summed E-state index contributed by atoms with van der Waals surface area (Å²) >= 11 is 0. The number of ether oxygens (including phenoxy) is 1. The van der Waals surface area contributed by atoms with Crippen LogP contribution in [-0.4, -0.2) is 41.5 Å². The minimum Gasteiger partial charge on any atom is -0.362 e. The lowest BCUT2D eigenvalue weighted by molar-refractivity contribution is -0.148. The monoisotopic (exact) mass is 411 g/mol. The Labute approximate surface area is 179 Å². The second kappa shape index (κ2) is 6.76. The highest BCUT2D eigenvalue weighted by Gasteiger charge is 2.49. The van der Waals surface area contributed by atoms with Crippen LogP contribution in [0.25, 0.3) is 0 Å². The third-order valence-corrected chi connectivity index (χ3v) is 7.29. The molecule has 30 heavy (non-hydrogen) atoms. The smallest absolute Gasteiger partial charge is 0.189 e. The number of allylic oxidation sites excluding steroid dienone is 6. The fourth-order valence-electron chi connectivity index (χ4n) is 5.75. The molecule has 1 N–H and O–H groups in total. The van der Waals surface area contributed by atoms with Gasteiger partial charge in [0, 0.05) is 61.9 Å². The number of aliphatic hydroxyl groups is 1. The Morgan fingerprint density at radius 3 is 2.37 bits per heavy atom. The van der Waals surface area contributed by atoms with Crippen LogP contribution in [0.1, 0.15) is 59.8 Å². The highest BCUT2D eigenvalue weighted by Crippen LogP contribution is 2.53. The van der Waals surface area contributed by atoms with E-state index in [1.54, 1.807) is 12.2 Å². The van der Waals surface area contributed by atoms with Gasteiger partial charge in [0.25, 0.3) is 0 Å². The Bertz CT molecular complexity index is 946. The largest absolute Gasteiger partial charge is 0.362 e. The molecule has 162 valence electrons. The average Bonchev–Trinajstić information content (AvgIpc) is 2.63. The third kappa shape index (κ3) is 3.32. The molecule has 0 spiro atoms. The van der Waals surface area contributed by atoms with Gasteiger partial charge in [0.15, 0.2) is 17.4 Å². The van der Waals surface area contributed by atoms with Crippen molar-refractivity contribution >= 4 is 11.6 Å². The van der Waals surface area contributed by atoms with Crippen molar-refractivity contribution in [1.82, 2.24) is 4.90 Å². The zero-order valence-corrected chi connectivity index (χ0v) is 19.0. The zero-order valence-electron chi connectivity index (χ0n) is 19.0. The summed E-state index contributed by atoms with van der Waals surface area (Å²) in [5, 5.41) is 10.6. The van der Waals surface area contributed by atoms with E-state index in [1.807, 2.05) is 13.1 Å². The number of hydrogen-bond donors (Lipinski definition) is 1. The van der Waals surface area contributed by atoms with E-state index in [1.165, 1.54) is 7.11 Å². The number of methoxy groups -OCH3 is 1. The standard InChI is InChI=1S/C25H33NO4/c1-23(2)12-18-16(20(27)14-23)10-17-19(26(18)5)13-24(3,4)21(22(17)28)15-8-7-9-25(29,11-15)30-6/h7-9,21,29H,10-14H2,1-6H3. The Hall–Kier alpha value is -1.98. The first kappa shape index (κ1) is 21.3. The third-order valence-electron chi connectivity index (χ3n) is 7.29. The molecule has 5 heteroatoms. The van der Waals surface area contributed by atoms with Gasteiger partial charge in [0.1, 0.15) is 0 Å². The van der Waals surface area contributed by atoms with E-state index in [0.29, 0.717) is 12.8 Å². The number of nitrogens with zero attached hydrogens (tertiary/aromatic N) is 1. The van der Waals surface area contributed by atoms with Gasteiger partial charge in [0.2, 0.25) is 0 Å². The Balaban J connectivity index is 1.72. The van der Waals surface area contributed by atoms with E-state index in [2.05, 4.69) is 32.6 Å². The maximum atomic E-state index is 13.8. The van der Waals surface area contributed by atoms with E-state index >= 15 is 0 Å². The van der Waals surface area contributed by atoms with E-state index in [-0.39, 0.29) is 34.7 Å². The number of carbonyl (C=O) groups excluding carboxylic acids is 2. The number of carbonyl (C=O) groups is 2. The molecular formula is C25H33NO4. The van der Waals surface area contributed by atoms with E-state index in [0.717, 1.165) is 41.0 Å². The summed E-state index contributed by atoms with van der Waals surface area (Å²) in [6, 6.07) is 0. The van der Waals surface area contributed by atoms with Crippen molar-refractivity contribution in [3.05, 3.63) is 46.3 Å². The minimum absolute atomic E-state index is 0.0528. The van der Waals surface area contributed by atoms with Gasteiger partial charge in [-0.05, 0) is 29.7 Å². The van der Waals surface area contributed by atoms with Crippen molar-refractivity contribution < 1.29 is 19.4 Å². The van der Waals surface area contributed by atoms with Gasteiger partial charge >= 0.3 is 0 Å². The lowest BCUT2D eigenvalue weighted by atomic mass is 9.61. The van der Waals surface area contributed by atoms with Gasteiger partial charge in [-0.3, -0.25) is 9.59 Å². The van der Waals surface area contributed by atoms with Crippen molar-refractivity contribution in [3.8, 4) is 0 Å². The van der Waals surface area contributed by atoms with Gasteiger partial charge in [-0.1, -0.05) is 45.4 Å². The molecule has 4 aliphatic rings. The van der Waals surface area contributed by atoms with E-state index in [4.69, 9.17) is 4.74 Å². The van der Waals surface area contributed by atoms with E-state index < -0.39 is 5.79 Å². The van der Waals surface area contributed by atoms with Crippen LogP contribution in [0.5, 0.6) is 0 Å². The predicted molar refractivity (Wildman–Crippen MR) is 115 cm³/mol. The van der Waals surface area contributed by atoms with Crippen LogP contribution in [-0.2, 0) is 14.3 Å². The van der Waals surface area contributed by atoms with Gasteiger partial charge in [-0.15, -0.1) is 0 Å². The van der Waals surface area contributed by atoms with Gasteiger partial charge in [0.05, 0.1) is 0 Å². The lowest BCUT2D eigenvalue weighted by Gasteiger charge is -2.48. The fraction of sp³-hybridized carbons (Fsp3) is 0.600. The van der Waals surface area contributed by atoms with Crippen molar-refractivity contribution in [2.75, 3.05) is 14.2 Å². The Morgan fingerprint density at radius 1 is 1.03 bits per heavy atom. The molecule has 1 aliphatic heterocycles. The molecule has 0 aromatic heterocycles. The SMILES string of the molecule is COC1(O)C=CC=C(C2C(=O)C3=C(CC2(C)C)N(C)C2=C(C3)C(=O)CC(C)(C)C2)C1. The summed E-state index contributed by atoms with van der Waals surface area (Å²) in [6.45, 7) is 8.52. The average molecular weight is 412 g/mol. The van der Waals surface area contributed by atoms with Crippen LogP contribution in [0.3, 0.4) is 0 Å². The minimum atomic E-state index is -1.38. The van der Waals surface area contributed by atoms with Crippen LogP contribution in [0, 0.1) is 16.7 Å². The van der Waals surface area contributed by atoms with Gasteiger partial charge < -0.3 is 14.7 Å². The Kier molecular flexibility index (Phi) is 4.79. The normalized spacial score (nSPS) is 32.8. The number of ketones is 2. The highest BCUT2D eigenvalue weighted by atomic mass is 16.6. The molecule has 4 rings (SSSR count). The van der Waals surface area contributed by atoms with Crippen LogP contribution >= 0.6 is 0 Å². The van der Waals surface area contributed by atoms with Crippen LogP contribution in [0.2, 0.25) is 0 Å². The summed E-state index contributed by atoms with van der Waals surface area (Å²) in [7, 11) is 3.48. The molecule has 0 fully saturated rings. The molecule has 2 atom stereocenters. The maximum absolute atomic E-state index is 13.8. The first-order valence-corrected chi connectivity index (χ1v) is 10.8. The summed E-state index contributed by atoms with van der Waals surface area (Å²) in [6.07, 6.45) is 8.19. The molecule has 0 saturated carbocycles. The fourth-order valence-corrected chi connectivity index (χ4v) is 5.75. The van der Waals surface area contributed by atoms with Crippen LogP contribution in [0.15, 0.2) is 46.3 Å². The van der Waals surface area contributed by atoms with Crippen molar-refractivity contribution in [2.45, 2.75) is 65.6 Å². The first-order chi connectivity index (χ1) is 13.9. The van der Waals surface area contributed by atoms with Crippen molar-refractivity contribution in [1.29, 1.82) is 0 Å². The summed E-state index contributed by atoms with van der Waals surface area (Å²) < 4.78 is 5.28. The molecule has 0 radical (unpaired) electrons. The highest BCUT2D eigenvalue weighted by molar-refractivity contribution is 6.06. The van der Waals surface area contributed by atoms with Crippen molar-refractivity contribution in [3.63, 3.8) is 0 Å². The summed E-state index contributed by atoms with van der Waals surface area (Å²) in [5.41, 5.74) is 4.26. The van der Waals surface area contributed by atoms with Crippen molar-refractivity contribution in [2.24, 2.45) is 16.7 Å². The first-order valence-electron chi connectivity index (χ1n) is 10.8. The zero-order chi connectivity index (χ0) is 22.1. The van der Waals surface area contributed by atoms with Gasteiger partial charge in [-0.2, -0.15) is 0 Å². The lowest BCUT2D eigenvalue weighted by Crippen LogP contribution is -2.46. The molecule has 0 bridgehead atoms. The number of hydrogen-bond acceptors (Lipinski definition) is 5. The number of Topliss-reactive ketones (excluding diaryl/α,β-unsaturated/α-hetero) is 2. The second-order valence-electron chi connectivity index (χ2n) is 10.8. The molecule has 0 amide bonds. The maximum Gasteiger partial charge on any atom is 0.189 e. The predicted octanol–water partition coefficient (Wildman–Crippen LogP) is 4.06. The second-order valence-corrected chi connectivity index (χ2v) is 10.8. The van der Waals surface area contributed by atoms with Crippen LogP contribution in [0.4, 0.5) is 0 Å². The summed E-state index contributed by atoms with van der Waals surface area (Å²) in [5.74, 6) is -1.47. The molecule has 0 aromatic carbocycles. The molecule has 0 aromatic rings. The van der Waals surface area contributed by atoms with Gasteiger partial charge in [-0.25, -0.2) is 0 Å². The molecule has 0 saturated heterocycles. The molecule has 3 aliphatic carbocycles. The molecule has 1 heterocycles. The quantitative estimate of drug-likeness (QED) is 0.694.